The van der Waals surface area contributed by atoms with Crippen molar-refractivity contribution in [1.82, 2.24) is 15.1 Å². The van der Waals surface area contributed by atoms with Gasteiger partial charge in [0.1, 0.15) is 0 Å². The Morgan fingerprint density at radius 1 is 1.20 bits per heavy atom. The molecule has 1 fully saturated rings. The number of amides is 1. The van der Waals surface area contributed by atoms with E-state index in [1.165, 1.54) is 6.92 Å². The summed E-state index contributed by atoms with van der Waals surface area (Å²) >= 11 is 0. The number of ether oxygens (including phenoxy) is 1. The lowest BCUT2D eigenvalue weighted by molar-refractivity contribution is -0.149. The van der Waals surface area contributed by atoms with Crippen LogP contribution < -0.4 is 0 Å². The van der Waals surface area contributed by atoms with Gasteiger partial charge in [-0.15, -0.1) is 10.2 Å². The van der Waals surface area contributed by atoms with Crippen LogP contribution in [-0.2, 0) is 17.1 Å². The third-order valence-corrected chi connectivity index (χ3v) is 3.75. The quantitative estimate of drug-likeness (QED) is 0.732. The molecule has 2 rings (SSSR count). The molecule has 1 saturated heterocycles. The van der Waals surface area contributed by atoms with Crippen LogP contribution in [0.2, 0.25) is 0 Å². The van der Waals surface area contributed by atoms with E-state index in [0.717, 1.165) is 4.90 Å². The van der Waals surface area contributed by atoms with E-state index in [4.69, 9.17) is 4.74 Å². The molecular weight excluding hydrogens is 356 g/mol. The Hall–Kier alpha value is -2.07. The number of nitrogens with zero attached hydrogens (tertiary/aromatic N) is 3. The number of halogens is 6. The summed E-state index contributed by atoms with van der Waals surface area (Å²) in [6.07, 6.45) is -9.77. The molecule has 25 heavy (non-hydrogen) atoms. The van der Waals surface area contributed by atoms with Crippen LogP contribution in [0.1, 0.15) is 49.2 Å². The lowest BCUT2D eigenvalue weighted by Crippen LogP contribution is -2.40. The maximum absolute atomic E-state index is 13.2. The number of aromatic nitrogens is 2. The predicted molar refractivity (Wildman–Crippen MR) is 72.4 cm³/mol. The molecule has 0 N–H and O–H groups in total. The molecule has 0 saturated carbocycles. The van der Waals surface area contributed by atoms with Crippen molar-refractivity contribution < 1.29 is 35.9 Å². The van der Waals surface area contributed by atoms with Gasteiger partial charge in [0.25, 0.3) is 0 Å². The molecule has 1 atom stereocenters. The fraction of sp³-hybridized carbons (Fsp3) is 0.643. The van der Waals surface area contributed by atoms with Crippen LogP contribution in [0, 0.1) is 0 Å². The Kier molecular flexibility index (Phi) is 5.43. The van der Waals surface area contributed by atoms with E-state index in [-0.39, 0.29) is 19.6 Å². The Labute approximate surface area is 139 Å². The van der Waals surface area contributed by atoms with Gasteiger partial charge in [-0.05, 0) is 32.3 Å². The second-order valence-electron chi connectivity index (χ2n) is 5.43. The third kappa shape index (κ3) is 4.31. The molecule has 1 aromatic rings. The Bertz CT molecular complexity index is 632. The predicted octanol–water partition coefficient (Wildman–Crippen LogP) is 4.20. The zero-order valence-corrected chi connectivity index (χ0v) is 13.1. The zero-order valence-electron chi connectivity index (χ0n) is 13.1. The highest BCUT2D eigenvalue weighted by atomic mass is 19.4. The summed E-state index contributed by atoms with van der Waals surface area (Å²) in [5, 5.41) is 5.41. The van der Waals surface area contributed by atoms with Crippen LogP contribution in [-0.4, -0.2) is 34.3 Å². The fourth-order valence-corrected chi connectivity index (χ4v) is 2.70. The summed E-state index contributed by atoms with van der Waals surface area (Å²) in [6, 6.07) is -0.890. The molecule has 1 amide bonds. The van der Waals surface area contributed by atoms with Crippen LogP contribution in [0.4, 0.5) is 31.1 Å². The van der Waals surface area contributed by atoms with Crippen molar-refractivity contribution in [2.24, 2.45) is 0 Å². The zero-order chi connectivity index (χ0) is 18.8. The number of carbonyl (C=O) groups is 1. The molecule has 1 aliphatic rings. The number of hydrogen-bond donors (Lipinski definition) is 0. The van der Waals surface area contributed by atoms with Crippen LogP contribution in [0.3, 0.4) is 0 Å². The number of alkyl halides is 6. The van der Waals surface area contributed by atoms with E-state index in [1.54, 1.807) is 0 Å². The van der Waals surface area contributed by atoms with Crippen molar-refractivity contribution in [2.75, 3.05) is 13.2 Å². The fourth-order valence-electron chi connectivity index (χ4n) is 2.70. The summed E-state index contributed by atoms with van der Waals surface area (Å²) in [6.45, 7) is 1.61. The van der Waals surface area contributed by atoms with E-state index in [1.807, 2.05) is 0 Å². The first-order chi connectivity index (χ1) is 11.6. The number of piperidine rings is 1. The van der Waals surface area contributed by atoms with E-state index in [0.29, 0.717) is 18.9 Å². The van der Waals surface area contributed by atoms with Crippen molar-refractivity contribution >= 4 is 6.09 Å². The lowest BCUT2D eigenvalue weighted by Gasteiger charge is -2.36. The monoisotopic (exact) mass is 371 g/mol. The maximum atomic E-state index is 13.2. The minimum Gasteiger partial charge on any atom is -0.450 e. The molecule has 1 aliphatic heterocycles. The van der Waals surface area contributed by atoms with Crippen LogP contribution >= 0.6 is 0 Å². The maximum Gasteiger partial charge on any atom is 0.435 e. The van der Waals surface area contributed by atoms with Gasteiger partial charge in [0, 0.05) is 12.1 Å². The molecule has 0 unspecified atom stereocenters. The first kappa shape index (κ1) is 19.3. The second-order valence-corrected chi connectivity index (χ2v) is 5.43. The van der Waals surface area contributed by atoms with Crippen LogP contribution in [0.15, 0.2) is 6.07 Å². The highest BCUT2D eigenvalue weighted by molar-refractivity contribution is 5.68. The number of hydrogen-bond acceptors (Lipinski definition) is 4. The van der Waals surface area contributed by atoms with Crippen molar-refractivity contribution in [3.63, 3.8) is 0 Å². The minimum absolute atomic E-state index is 0.00340. The molecule has 0 radical (unpaired) electrons. The minimum atomic E-state index is -5.00. The summed E-state index contributed by atoms with van der Waals surface area (Å²) < 4.78 is 82.9. The Morgan fingerprint density at radius 2 is 1.88 bits per heavy atom. The molecular formula is C14H15F6N3O2. The third-order valence-electron chi connectivity index (χ3n) is 3.75. The molecule has 0 spiro atoms. The van der Waals surface area contributed by atoms with Gasteiger partial charge in [-0.1, -0.05) is 0 Å². The summed E-state index contributed by atoms with van der Waals surface area (Å²) in [7, 11) is 0. The topological polar surface area (TPSA) is 55.3 Å². The smallest absolute Gasteiger partial charge is 0.435 e. The molecule has 2 heterocycles. The van der Waals surface area contributed by atoms with E-state index < -0.39 is 41.4 Å². The average molecular weight is 371 g/mol. The van der Waals surface area contributed by atoms with Gasteiger partial charge in [-0.3, -0.25) is 0 Å². The SMILES string of the molecule is CCOC(=O)N1CCCC[C@H]1c1cc(C(F)(F)F)nnc1C(F)(F)F. The first-order valence-electron chi connectivity index (χ1n) is 7.51. The molecule has 11 heteroatoms. The standard InChI is InChI=1S/C14H15F6N3O2/c1-2-25-12(24)23-6-4-3-5-9(23)8-7-10(13(15,16)17)21-22-11(8)14(18,19)20/h7,9H,2-6H2,1H3/t9-/m0/s1. The molecule has 0 aliphatic carbocycles. The van der Waals surface area contributed by atoms with Crippen molar-refractivity contribution in [1.29, 1.82) is 0 Å². The average Bonchev–Trinajstić information content (AvgIpc) is 2.53. The van der Waals surface area contributed by atoms with Crippen molar-refractivity contribution in [2.45, 2.75) is 44.6 Å². The van der Waals surface area contributed by atoms with E-state index in [2.05, 4.69) is 10.2 Å². The van der Waals surface area contributed by atoms with E-state index >= 15 is 0 Å². The second kappa shape index (κ2) is 7.04. The summed E-state index contributed by atoms with van der Waals surface area (Å²) in [4.78, 5) is 13.0. The molecule has 0 aromatic carbocycles. The molecule has 1 aromatic heterocycles. The van der Waals surface area contributed by atoms with Gasteiger partial charge >= 0.3 is 18.4 Å². The summed E-state index contributed by atoms with van der Waals surface area (Å²) in [5.41, 5.74) is -3.78. The van der Waals surface area contributed by atoms with Gasteiger partial charge in [0.15, 0.2) is 11.4 Å². The molecule has 140 valence electrons. The highest BCUT2D eigenvalue weighted by Gasteiger charge is 2.43. The highest BCUT2D eigenvalue weighted by Crippen LogP contribution is 2.40. The van der Waals surface area contributed by atoms with Crippen molar-refractivity contribution in [3.8, 4) is 0 Å². The van der Waals surface area contributed by atoms with Gasteiger partial charge in [0.2, 0.25) is 0 Å². The van der Waals surface area contributed by atoms with Gasteiger partial charge in [0.05, 0.1) is 12.6 Å². The molecule has 5 nitrogen and oxygen atoms in total. The first-order valence-corrected chi connectivity index (χ1v) is 7.51. The van der Waals surface area contributed by atoms with Gasteiger partial charge in [-0.25, -0.2) is 4.79 Å². The van der Waals surface area contributed by atoms with E-state index in [9.17, 15) is 31.1 Å². The summed E-state index contributed by atoms with van der Waals surface area (Å²) in [5.74, 6) is 0. The number of carbonyl (C=O) groups excluding carboxylic acids is 1. The van der Waals surface area contributed by atoms with Gasteiger partial charge < -0.3 is 9.64 Å². The molecule has 0 bridgehead atoms. The van der Waals surface area contributed by atoms with Crippen LogP contribution in [0.5, 0.6) is 0 Å². The van der Waals surface area contributed by atoms with Crippen LogP contribution in [0.25, 0.3) is 0 Å². The van der Waals surface area contributed by atoms with Crippen molar-refractivity contribution in [3.05, 3.63) is 23.0 Å². The van der Waals surface area contributed by atoms with Gasteiger partial charge in [-0.2, -0.15) is 26.3 Å². The Balaban J connectivity index is 2.54. The number of rotatable bonds is 2. The number of likely N-dealkylation sites (tertiary alicyclic amines) is 1. The largest absolute Gasteiger partial charge is 0.450 e. The normalized spacial score (nSPS) is 19.0. The Morgan fingerprint density at radius 3 is 2.44 bits per heavy atom. The lowest BCUT2D eigenvalue weighted by atomic mass is 9.94.